The lowest BCUT2D eigenvalue weighted by Crippen LogP contribution is -2.14. The van der Waals surface area contributed by atoms with Crippen molar-refractivity contribution in [2.24, 2.45) is 0 Å². The number of imidazole rings is 1. The Morgan fingerprint density at radius 3 is 2.48 bits per heavy atom. The molecule has 0 aliphatic heterocycles. The minimum Gasteiger partial charge on any atom is -0.399 e. The van der Waals surface area contributed by atoms with Gasteiger partial charge in [-0.25, -0.2) is 4.98 Å². The molecule has 21 heavy (non-hydrogen) atoms. The molecule has 2 aromatic carbocycles. The number of fused-ring (bicyclic) bond motifs is 1. The molecule has 0 bridgehead atoms. The number of para-hydroxylation sites is 1. The van der Waals surface area contributed by atoms with Crippen molar-refractivity contribution in [3.05, 3.63) is 53.9 Å². The number of nitrogen functional groups attached to an aromatic ring is 1. The smallest absolute Gasteiger partial charge is 0.399 e. The summed E-state index contributed by atoms with van der Waals surface area (Å²) in [6.07, 6.45) is -4.55. The summed E-state index contributed by atoms with van der Waals surface area (Å²) in [6, 6.07) is 11.5. The van der Waals surface area contributed by atoms with Crippen LogP contribution in [-0.4, -0.2) is 9.55 Å². The molecule has 108 valence electrons. The Hall–Kier alpha value is -2.50. The van der Waals surface area contributed by atoms with Gasteiger partial charge in [0.05, 0.1) is 16.7 Å². The summed E-state index contributed by atoms with van der Waals surface area (Å²) in [4.78, 5) is 3.72. The lowest BCUT2D eigenvalue weighted by Gasteiger charge is -2.13. The van der Waals surface area contributed by atoms with E-state index in [0.717, 1.165) is 10.1 Å². The lowest BCUT2D eigenvalue weighted by molar-refractivity contribution is -0.145. The maximum absolute atomic E-state index is 13.3. The summed E-state index contributed by atoms with van der Waals surface area (Å²) in [6.45, 7) is 1.76. The van der Waals surface area contributed by atoms with Crippen molar-refractivity contribution in [2.75, 3.05) is 5.73 Å². The third-order valence-electron chi connectivity index (χ3n) is 3.29. The van der Waals surface area contributed by atoms with Gasteiger partial charge in [-0.3, -0.25) is 4.57 Å². The van der Waals surface area contributed by atoms with Crippen LogP contribution in [-0.2, 0) is 6.18 Å². The van der Waals surface area contributed by atoms with Crippen LogP contribution in [0.2, 0.25) is 0 Å². The Labute approximate surface area is 118 Å². The van der Waals surface area contributed by atoms with Crippen LogP contribution < -0.4 is 5.73 Å². The van der Waals surface area contributed by atoms with Crippen molar-refractivity contribution in [1.29, 1.82) is 0 Å². The first kappa shape index (κ1) is 13.5. The lowest BCUT2D eigenvalue weighted by atomic mass is 10.2. The highest BCUT2D eigenvalue weighted by Gasteiger charge is 2.38. The second kappa shape index (κ2) is 4.51. The van der Waals surface area contributed by atoms with Crippen LogP contribution in [0.3, 0.4) is 0 Å². The molecule has 0 atom stereocenters. The second-order valence-corrected chi connectivity index (χ2v) is 4.80. The van der Waals surface area contributed by atoms with Gasteiger partial charge >= 0.3 is 6.18 Å². The monoisotopic (exact) mass is 291 g/mol. The van der Waals surface area contributed by atoms with Crippen molar-refractivity contribution >= 4 is 16.7 Å². The number of aryl methyl sites for hydroxylation is 1. The number of alkyl halides is 3. The summed E-state index contributed by atoms with van der Waals surface area (Å²) in [5.41, 5.74) is 7.81. The molecule has 1 aromatic heterocycles. The van der Waals surface area contributed by atoms with Gasteiger partial charge in [-0.15, -0.1) is 0 Å². The first-order valence-electron chi connectivity index (χ1n) is 6.29. The molecule has 0 unspecified atom stereocenters. The van der Waals surface area contributed by atoms with E-state index in [-0.39, 0.29) is 5.52 Å². The minimum absolute atomic E-state index is 0.227. The summed E-state index contributed by atoms with van der Waals surface area (Å²) >= 11 is 0. The van der Waals surface area contributed by atoms with Gasteiger partial charge in [0.25, 0.3) is 0 Å². The first-order valence-corrected chi connectivity index (χ1v) is 6.29. The van der Waals surface area contributed by atoms with Crippen molar-refractivity contribution in [1.82, 2.24) is 9.55 Å². The molecule has 0 spiro atoms. The van der Waals surface area contributed by atoms with Crippen molar-refractivity contribution in [3.8, 4) is 5.69 Å². The molecule has 6 heteroatoms. The molecule has 3 nitrogen and oxygen atoms in total. The summed E-state index contributed by atoms with van der Waals surface area (Å²) in [5.74, 6) is -0.947. The number of anilines is 1. The van der Waals surface area contributed by atoms with E-state index in [1.165, 1.54) is 6.07 Å². The van der Waals surface area contributed by atoms with Crippen LogP contribution in [0.5, 0.6) is 0 Å². The Morgan fingerprint density at radius 1 is 1.10 bits per heavy atom. The molecule has 3 aromatic rings. The van der Waals surface area contributed by atoms with Gasteiger partial charge in [-0.2, -0.15) is 13.2 Å². The van der Waals surface area contributed by atoms with E-state index < -0.39 is 12.0 Å². The summed E-state index contributed by atoms with van der Waals surface area (Å²) < 4.78 is 41.0. The van der Waals surface area contributed by atoms with Crippen molar-refractivity contribution < 1.29 is 13.2 Å². The topological polar surface area (TPSA) is 43.8 Å². The fourth-order valence-corrected chi connectivity index (χ4v) is 2.35. The predicted octanol–water partition coefficient (Wildman–Crippen LogP) is 3.93. The molecule has 0 fully saturated rings. The van der Waals surface area contributed by atoms with Gasteiger partial charge in [0, 0.05) is 5.69 Å². The van der Waals surface area contributed by atoms with E-state index in [1.54, 1.807) is 43.3 Å². The molecule has 1 heterocycles. The Balaban J connectivity index is 2.42. The van der Waals surface area contributed by atoms with Crippen LogP contribution in [0.1, 0.15) is 11.4 Å². The quantitative estimate of drug-likeness (QED) is 0.690. The standard InChI is InChI=1S/C15H12F3N3/c1-9-4-2-3-5-12(9)21-13-7-6-10(19)8-11(13)20-14(21)15(16,17)18/h2-8H,19H2,1H3. The Kier molecular flexibility index (Phi) is 2.90. The number of benzene rings is 2. The van der Waals surface area contributed by atoms with Crippen LogP contribution in [0.25, 0.3) is 16.7 Å². The number of rotatable bonds is 1. The van der Waals surface area contributed by atoms with E-state index in [2.05, 4.69) is 4.98 Å². The highest BCUT2D eigenvalue weighted by atomic mass is 19.4. The van der Waals surface area contributed by atoms with Crippen LogP contribution in [0.15, 0.2) is 42.5 Å². The number of nitrogens with two attached hydrogens (primary N) is 1. The van der Waals surface area contributed by atoms with Crippen LogP contribution in [0, 0.1) is 6.92 Å². The van der Waals surface area contributed by atoms with Gasteiger partial charge < -0.3 is 5.73 Å². The molecule has 0 saturated heterocycles. The van der Waals surface area contributed by atoms with Crippen molar-refractivity contribution in [3.63, 3.8) is 0 Å². The molecule has 0 aliphatic carbocycles. The van der Waals surface area contributed by atoms with E-state index >= 15 is 0 Å². The molecule has 3 rings (SSSR count). The highest BCUT2D eigenvalue weighted by molar-refractivity contribution is 5.82. The van der Waals surface area contributed by atoms with E-state index in [0.29, 0.717) is 16.9 Å². The first-order chi connectivity index (χ1) is 9.88. The van der Waals surface area contributed by atoms with Gasteiger partial charge in [-0.05, 0) is 36.8 Å². The fourth-order valence-electron chi connectivity index (χ4n) is 2.35. The predicted molar refractivity (Wildman–Crippen MR) is 75.2 cm³/mol. The highest BCUT2D eigenvalue weighted by Crippen LogP contribution is 2.34. The minimum atomic E-state index is -4.55. The molecular formula is C15H12F3N3. The number of aromatic nitrogens is 2. The number of nitrogens with zero attached hydrogens (tertiary/aromatic N) is 2. The zero-order chi connectivity index (χ0) is 15.2. The molecular weight excluding hydrogens is 279 g/mol. The average Bonchev–Trinajstić information content (AvgIpc) is 2.77. The largest absolute Gasteiger partial charge is 0.450 e. The second-order valence-electron chi connectivity index (χ2n) is 4.80. The van der Waals surface area contributed by atoms with Gasteiger partial charge in [-0.1, -0.05) is 18.2 Å². The number of halogens is 3. The maximum atomic E-state index is 13.3. The molecule has 0 amide bonds. The summed E-state index contributed by atoms with van der Waals surface area (Å²) in [5, 5.41) is 0. The third-order valence-corrected chi connectivity index (χ3v) is 3.29. The third kappa shape index (κ3) is 2.22. The van der Waals surface area contributed by atoms with Gasteiger partial charge in [0.1, 0.15) is 0 Å². The van der Waals surface area contributed by atoms with Crippen LogP contribution in [0.4, 0.5) is 18.9 Å². The normalized spacial score (nSPS) is 12.0. The molecule has 0 radical (unpaired) electrons. The number of hydrogen-bond acceptors (Lipinski definition) is 2. The van der Waals surface area contributed by atoms with E-state index in [1.807, 2.05) is 0 Å². The Bertz CT molecular complexity index is 819. The zero-order valence-corrected chi connectivity index (χ0v) is 11.1. The molecule has 2 N–H and O–H groups in total. The Morgan fingerprint density at radius 2 is 1.81 bits per heavy atom. The van der Waals surface area contributed by atoms with Crippen molar-refractivity contribution in [2.45, 2.75) is 13.1 Å². The van der Waals surface area contributed by atoms with E-state index in [4.69, 9.17) is 5.73 Å². The average molecular weight is 291 g/mol. The molecule has 0 aliphatic rings. The van der Waals surface area contributed by atoms with Crippen LogP contribution >= 0.6 is 0 Å². The summed E-state index contributed by atoms with van der Waals surface area (Å²) in [7, 11) is 0. The number of hydrogen-bond donors (Lipinski definition) is 1. The van der Waals surface area contributed by atoms with Gasteiger partial charge in [0.2, 0.25) is 5.82 Å². The maximum Gasteiger partial charge on any atom is 0.450 e. The van der Waals surface area contributed by atoms with Gasteiger partial charge in [0.15, 0.2) is 0 Å². The van der Waals surface area contributed by atoms with E-state index in [9.17, 15) is 13.2 Å². The molecule has 0 saturated carbocycles. The fraction of sp³-hybridized carbons (Fsp3) is 0.133. The SMILES string of the molecule is Cc1ccccc1-n1c(C(F)(F)F)nc2cc(N)ccc21. The zero-order valence-electron chi connectivity index (χ0n) is 11.1.